The molecule has 0 unspecified atom stereocenters. The third-order valence-corrected chi connectivity index (χ3v) is 4.26. The standard InChI is InChI=1S/C18H12Cl2N2O4/c1-26-13-6-4-12(5-7-13)22-17(24)14(16(23)21-18(22)25)8-10-2-3-11(19)9-15(10)20/h2-9H,1H3,(H,21,23,25)/b14-8-. The lowest BCUT2D eigenvalue weighted by Crippen LogP contribution is -2.54. The summed E-state index contributed by atoms with van der Waals surface area (Å²) < 4.78 is 5.06. The molecule has 132 valence electrons. The Labute approximate surface area is 158 Å². The van der Waals surface area contributed by atoms with Gasteiger partial charge in [0.05, 0.1) is 12.8 Å². The number of anilines is 1. The maximum Gasteiger partial charge on any atom is 0.335 e. The topological polar surface area (TPSA) is 75.7 Å². The number of amides is 4. The van der Waals surface area contributed by atoms with E-state index in [4.69, 9.17) is 27.9 Å². The summed E-state index contributed by atoms with van der Waals surface area (Å²) in [6.45, 7) is 0. The van der Waals surface area contributed by atoms with Crippen LogP contribution in [0.2, 0.25) is 10.0 Å². The largest absolute Gasteiger partial charge is 0.497 e. The minimum absolute atomic E-state index is 0.218. The minimum atomic E-state index is -0.829. The number of imide groups is 2. The Morgan fingerprint density at radius 2 is 1.73 bits per heavy atom. The molecule has 2 aromatic rings. The Bertz CT molecular complexity index is 939. The van der Waals surface area contributed by atoms with Crippen LogP contribution < -0.4 is 15.0 Å². The van der Waals surface area contributed by atoms with E-state index in [1.165, 1.54) is 19.3 Å². The van der Waals surface area contributed by atoms with Crippen molar-refractivity contribution in [1.82, 2.24) is 5.32 Å². The van der Waals surface area contributed by atoms with Crippen molar-refractivity contribution in [2.75, 3.05) is 12.0 Å². The highest BCUT2D eigenvalue weighted by Gasteiger charge is 2.36. The highest BCUT2D eigenvalue weighted by atomic mass is 35.5. The molecule has 1 fully saturated rings. The number of carbonyl (C=O) groups is 3. The van der Waals surface area contributed by atoms with Crippen molar-refractivity contribution in [2.24, 2.45) is 0 Å². The first-order chi connectivity index (χ1) is 12.4. The van der Waals surface area contributed by atoms with Crippen LogP contribution in [0.3, 0.4) is 0 Å². The number of benzene rings is 2. The molecule has 3 rings (SSSR count). The van der Waals surface area contributed by atoms with E-state index >= 15 is 0 Å². The van der Waals surface area contributed by atoms with Gasteiger partial charge < -0.3 is 4.74 Å². The zero-order chi connectivity index (χ0) is 18.8. The second kappa shape index (κ2) is 7.19. The molecule has 1 saturated heterocycles. The predicted molar refractivity (Wildman–Crippen MR) is 98.5 cm³/mol. The van der Waals surface area contributed by atoms with Gasteiger partial charge in [0, 0.05) is 10.0 Å². The summed E-state index contributed by atoms with van der Waals surface area (Å²) in [5.74, 6) is -0.982. The summed E-state index contributed by atoms with van der Waals surface area (Å²) in [6, 6.07) is 10.1. The molecule has 0 saturated carbocycles. The minimum Gasteiger partial charge on any atom is -0.497 e. The number of nitrogens with one attached hydrogen (secondary N) is 1. The molecule has 2 aromatic carbocycles. The summed E-state index contributed by atoms with van der Waals surface area (Å²) in [5.41, 5.74) is 0.511. The molecular weight excluding hydrogens is 379 g/mol. The summed E-state index contributed by atoms with van der Waals surface area (Å²) >= 11 is 11.9. The zero-order valence-electron chi connectivity index (χ0n) is 13.5. The molecule has 0 bridgehead atoms. The number of rotatable bonds is 3. The molecule has 0 radical (unpaired) electrons. The molecule has 0 aromatic heterocycles. The summed E-state index contributed by atoms with van der Waals surface area (Å²) in [6.07, 6.45) is 1.32. The lowest BCUT2D eigenvalue weighted by atomic mass is 10.1. The van der Waals surface area contributed by atoms with Gasteiger partial charge in [-0.25, -0.2) is 9.69 Å². The molecule has 4 amide bonds. The van der Waals surface area contributed by atoms with E-state index in [-0.39, 0.29) is 10.6 Å². The molecule has 6 nitrogen and oxygen atoms in total. The van der Waals surface area contributed by atoms with Crippen LogP contribution in [0, 0.1) is 0 Å². The zero-order valence-corrected chi connectivity index (χ0v) is 15.0. The number of barbiturate groups is 1. The van der Waals surface area contributed by atoms with E-state index in [0.29, 0.717) is 22.0 Å². The van der Waals surface area contributed by atoms with Gasteiger partial charge in [0.1, 0.15) is 11.3 Å². The molecule has 0 atom stereocenters. The van der Waals surface area contributed by atoms with Crippen LogP contribution in [-0.2, 0) is 9.59 Å². The van der Waals surface area contributed by atoms with Crippen molar-refractivity contribution in [2.45, 2.75) is 0 Å². The third kappa shape index (κ3) is 3.42. The van der Waals surface area contributed by atoms with Gasteiger partial charge in [0.2, 0.25) is 0 Å². The van der Waals surface area contributed by atoms with Gasteiger partial charge in [0.15, 0.2) is 0 Å². The van der Waals surface area contributed by atoms with E-state index in [2.05, 4.69) is 5.32 Å². The molecule has 26 heavy (non-hydrogen) atoms. The van der Waals surface area contributed by atoms with Crippen molar-refractivity contribution >= 4 is 52.8 Å². The van der Waals surface area contributed by atoms with E-state index in [1.54, 1.807) is 36.4 Å². The highest BCUT2D eigenvalue weighted by Crippen LogP contribution is 2.27. The van der Waals surface area contributed by atoms with E-state index in [1.807, 2.05) is 0 Å². The maximum absolute atomic E-state index is 12.8. The molecule has 0 aliphatic carbocycles. The molecule has 1 N–H and O–H groups in total. The van der Waals surface area contributed by atoms with Crippen LogP contribution in [0.15, 0.2) is 48.0 Å². The number of halogens is 2. The summed E-state index contributed by atoms with van der Waals surface area (Å²) in [5, 5.41) is 2.85. The van der Waals surface area contributed by atoms with Crippen LogP contribution in [0.4, 0.5) is 10.5 Å². The number of ether oxygens (including phenoxy) is 1. The van der Waals surface area contributed by atoms with E-state index in [9.17, 15) is 14.4 Å². The molecular formula is C18H12Cl2N2O4. The van der Waals surface area contributed by atoms with Gasteiger partial charge in [-0.2, -0.15) is 0 Å². The monoisotopic (exact) mass is 390 g/mol. The molecule has 8 heteroatoms. The Hall–Kier alpha value is -2.83. The third-order valence-electron chi connectivity index (χ3n) is 3.69. The lowest BCUT2D eigenvalue weighted by Gasteiger charge is -2.26. The number of hydrogen-bond acceptors (Lipinski definition) is 4. The fourth-order valence-electron chi connectivity index (χ4n) is 2.40. The fourth-order valence-corrected chi connectivity index (χ4v) is 2.86. The van der Waals surface area contributed by atoms with Gasteiger partial charge in [-0.1, -0.05) is 29.3 Å². The Balaban J connectivity index is 2.00. The number of carbonyl (C=O) groups excluding carboxylic acids is 3. The number of hydrogen-bond donors (Lipinski definition) is 1. The summed E-state index contributed by atoms with van der Waals surface area (Å²) in [7, 11) is 1.50. The van der Waals surface area contributed by atoms with Crippen molar-refractivity contribution in [3.8, 4) is 5.75 Å². The van der Waals surface area contributed by atoms with Crippen LogP contribution in [0.1, 0.15) is 5.56 Å². The Morgan fingerprint density at radius 3 is 2.35 bits per heavy atom. The Kier molecular flexibility index (Phi) is 4.97. The first-order valence-electron chi connectivity index (χ1n) is 7.41. The average Bonchev–Trinajstić information content (AvgIpc) is 2.60. The number of nitrogens with zero attached hydrogens (tertiary/aromatic N) is 1. The first kappa shape index (κ1) is 18.0. The number of methoxy groups -OCH3 is 1. The summed E-state index contributed by atoms with van der Waals surface area (Å²) in [4.78, 5) is 37.9. The van der Waals surface area contributed by atoms with Crippen molar-refractivity contribution in [3.05, 3.63) is 63.6 Å². The van der Waals surface area contributed by atoms with Gasteiger partial charge in [-0.05, 0) is 48.0 Å². The SMILES string of the molecule is COc1ccc(N2C(=O)NC(=O)/C(=C/c3ccc(Cl)cc3Cl)C2=O)cc1. The molecule has 0 spiro atoms. The quantitative estimate of drug-likeness (QED) is 0.640. The van der Waals surface area contributed by atoms with Crippen LogP contribution >= 0.6 is 23.2 Å². The van der Waals surface area contributed by atoms with Crippen LogP contribution in [-0.4, -0.2) is 25.0 Å². The van der Waals surface area contributed by atoms with Gasteiger partial charge in [0.25, 0.3) is 11.8 Å². The van der Waals surface area contributed by atoms with Crippen LogP contribution in [0.25, 0.3) is 6.08 Å². The normalized spacial score (nSPS) is 16.0. The fraction of sp³-hybridized carbons (Fsp3) is 0.0556. The van der Waals surface area contributed by atoms with E-state index in [0.717, 1.165) is 4.90 Å². The molecule has 1 heterocycles. The van der Waals surface area contributed by atoms with Crippen molar-refractivity contribution in [1.29, 1.82) is 0 Å². The second-order valence-corrected chi connectivity index (χ2v) is 6.17. The highest BCUT2D eigenvalue weighted by molar-refractivity contribution is 6.40. The average molecular weight is 391 g/mol. The van der Waals surface area contributed by atoms with Crippen molar-refractivity contribution < 1.29 is 19.1 Å². The smallest absolute Gasteiger partial charge is 0.335 e. The van der Waals surface area contributed by atoms with Crippen LogP contribution in [0.5, 0.6) is 5.75 Å². The molecule has 1 aliphatic rings. The van der Waals surface area contributed by atoms with E-state index < -0.39 is 17.8 Å². The number of urea groups is 1. The predicted octanol–water partition coefficient (Wildman–Crippen LogP) is 3.67. The second-order valence-electron chi connectivity index (χ2n) is 5.32. The first-order valence-corrected chi connectivity index (χ1v) is 8.17. The Morgan fingerprint density at radius 1 is 1.04 bits per heavy atom. The van der Waals surface area contributed by atoms with Gasteiger partial charge >= 0.3 is 6.03 Å². The van der Waals surface area contributed by atoms with Gasteiger partial charge in [-0.15, -0.1) is 0 Å². The lowest BCUT2D eigenvalue weighted by molar-refractivity contribution is -0.122. The van der Waals surface area contributed by atoms with Crippen molar-refractivity contribution in [3.63, 3.8) is 0 Å². The van der Waals surface area contributed by atoms with Gasteiger partial charge in [-0.3, -0.25) is 14.9 Å². The maximum atomic E-state index is 12.8. The molecule has 1 aliphatic heterocycles.